The molecule has 0 saturated carbocycles. The van der Waals surface area contributed by atoms with Crippen molar-refractivity contribution in [2.24, 2.45) is 16.6 Å². The molecule has 0 heterocycles. The van der Waals surface area contributed by atoms with Crippen molar-refractivity contribution in [3.8, 4) is 0 Å². The van der Waals surface area contributed by atoms with Crippen LogP contribution >= 0.6 is 0 Å². The Morgan fingerprint density at radius 1 is 1.33 bits per heavy atom. The maximum absolute atomic E-state index is 5.68. The van der Waals surface area contributed by atoms with Crippen LogP contribution < -0.4 is 5.73 Å². The van der Waals surface area contributed by atoms with Crippen LogP contribution in [-0.4, -0.2) is 6.54 Å². The molecule has 1 rings (SSSR count). The summed E-state index contributed by atoms with van der Waals surface area (Å²) in [4.78, 5) is 0. The lowest BCUT2D eigenvalue weighted by Crippen LogP contribution is -2.29. The average molecular weight is 167 g/mol. The van der Waals surface area contributed by atoms with Crippen LogP contribution in [0.15, 0.2) is 11.6 Å². The number of nitrogens with two attached hydrogens (primary N) is 1. The van der Waals surface area contributed by atoms with Crippen LogP contribution in [0.25, 0.3) is 0 Å². The standard InChI is InChI=1S/C11H21N/c1-10(2)5-9(7-12)6-11(3,4)8-10/h5H,6-8,12H2,1-4H3. The summed E-state index contributed by atoms with van der Waals surface area (Å²) < 4.78 is 0. The summed E-state index contributed by atoms with van der Waals surface area (Å²) in [5.41, 5.74) is 7.89. The first kappa shape index (κ1) is 9.79. The highest BCUT2D eigenvalue weighted by Gasteiger charge is 2.32. The van der Waals surface area contributed by atoms with Gasteiger partial charge in [-0.3, -0.25) is 0 Å². The molecule has 0 bridgehead atoms. The molecule has 2 N–H and O–H groups in total. The Bertz CT molecular complexity index is 199. The number of hydrogen-bond acceptors (Lipinski definition) is 1. The fourth-order valence-corrected chi connectivity index (χ4v) is 2.70. The Labute approximate surface area is 76.0 Å². The van der Waals surface area contributed by atoms with Gasteiger partial charge < -0.3 is 5.73 Å². The Kier molecular flexibility index (Phi) is 2.35. The SMILES string of the molecule is CC1(C)C=C(CN)CC(C)(C)C1. The average Bonchev–Trinajstić information content (AvgIpc) is 1.80. The Balaban J connectivity index is 2.86. The van der Waals surface area contributed by atoms with E-state index in [1.165, 1.54) is 18.4 Å². The molecule has 0 radical (unpaired) electrons. The highest BCUT2D eigenvalue weighted by Crippen LogP contribution is 2.43. The van der Waals surface area contributed by atoms with Gasteiger partial charge in [-0.1, -0.05) is 39.3 Å². The van der Waals surface area contributed by atoms with E-state index in [0.29, 0.717) is 10.8 Å². The topological polar surface area (TPSA) is 26.0 Å². The maximum Gasteiger partial charge on any atom is 0.0137 e. The minimum Gasteiger partial charge on any atom is -0.327 e. The molecule has 1 heteroatoms. The Hall–Kier alpha value is -0.300. The molecule has 0 aromatic rings. The van der Waals surface area contributed by atoms with Crippen LogP contribution in [0.2, 0.25) is 0 Å². The fourth-order valence-electron chi connectivity index (χ4n) is 2.70. The molecule has 12 heavy (non-hydrogen) atoms. The van der Waals surface area contributed by atoms with Crippen LogP contribution in [0.1, 0.15) is 40.5 Å². The molecule has 0 unspecified atom stereocenters. The summed E-state index contributed by atoms with van der Waals surface area (Å²) in [5.74, 6) is 0. The van der Waals surface area contributed by atoms with Crippen molar-refractivity contribution in [2.75, 3.05) is 6.54 Å². The second kappa shape index (κ2) is 2.88. The molecule has 0 fully saturated rings. The summed E-state index contributed by atoms with van der Waals surface area (Å²) in [6.45, 7) is 9.98. The fraction of sp³-hybridized carbons (Fsp3) is 0.818. The van der Waals surface area contributed by atoms with E-state index in [-0.39, 0.29) is 0 Å². The van der Waals surface area contributed by atoms with Crippen molar-refractivity contribution < 1.29 is 0 Å². The van der Waals surface area contributed by atoms with Gasteiger partial charge >= 0.3 is 0 Å². The van der Waals surface area contributed by atoms with E-state index in [0.717, 1.165) is 6.54 Å². The maximum atomic E-state index is 5.68. The van der Waals surface area contributed by atoms with Crippen molar-refractivity contribution in [1.29, 1.82) is 0 Å². The van der Waals surface area contributed by atoms with Crippen molar-refractivity contribution in [3.63, 3.8) is 0 Å². The smallest absolute Gasteiger partial charge is 0.0137 e. The highest BCUT2D eigenvalue weighted by molar-refractivity contribution is 5.16. The number of rotatable bonds is 1. The van der Waals surface area contributed by atoms with E-state index in [1.807, 2.05) is 0 Å². The summed E-state index contributed by atoms with van der Waals surface area (Å²) in [5, 5.41) is 0. The lowest BCUT2D eigenvalue weighted by Gasteiger charge is -2.39. The molecule has 0 amide bonds. The monoisotopic (exact) mass is 167 g/mol. The molecule has 1 nitrogen and oxygen atoms in total. The zero-order chi connectivity index (χ0) is 9.41. The van der Waals surface area contributed by atoms with Crippen LogP contribution in [0.3, 0.4) is 0 Å². The lowest BCUT2D eigenvalue weighted by atomic mass is 9.67. The second-order valence-corrected chi connectivity index (χ2v) is 5.51. The molecule has 0 aliphatic heterocycles. The van der Waals surface area contributed by atoms with E-state index >= 15 is 0 Å². The third-order valence-electron chi connectivity index (χ3n) is 2.50. The molecule has 1 aliphatic carbocycles. The van der Waals surface area contributed by atoms with Crippen LogP contribution in [-0.2, 0) is 0 Å². The first-order chi connectivity index (χ1) is 5.35. The van der Waals surface area contributed by atoms with Crippen LogP contribution in [0.5, 0.6) is 0 Å². The van der Waals surface area contributed by atoms with E-state index in [9.17, 15) is 0 Å². The summed E-state index contributed by atoms with van der Waals surface area (Å²) >= 11 is 0. The van der Waals surface area contributed by atoms with E-state index in [2.05, 4.69) is 33.8 Å². The van der Waals surface area contributed by atoms with Crippen LogP contribution in [0.4, 0.5) is 0 Å². The van der Waals surface area contributed by atoms with Crippen molar-refractivity contribution in [3.05, 3.63) is 11.6 Å². The molecular formula is C11H21N. The van der Waals surface area contributed by atoms with E-state index in [1.54, 1.807) is 0 Å². The van der Waals surface area contributed by atoms with Gasteiger partial charge in [0.25, 0.3) is 0 Å². The summed E-state index contributed by atoms with van der Waals surface area (Å²) in [7, 11) is 0. The molecular weight excluding hydrogens is 146 g/mol. The predicted octanol–water partition coefficient (Wildman–Crippen LogP) is 2.72. The zero-order valence-electron chi connectivity index (χ0n) is 8.78. The summed E-state index contributed by atoms with van der Waals surface area (Å²) in [6.07, 6.45) is 4.80. The third kappa shape index (κ3) is 2.34. The van der Waals surface area contributed by atoms with Gasteiger partial charge in [-0.25, -0.2) is 0 Å². The van der Waals surface area contributed by atoms with Crippen molar-refractivity contribution >= 4 is 0 Å². The first-order valence-electron chi connectivity index (χ1n) is 4.75. The van der Waals surface area contributed by atoms with Crippen LogP contribution in [0, 0.1) is 10.8 Å². The molecule has 0 spiro atoms. The van der Waals surface area contributed by atoms with Gasteiger partial charge in [0.2, 0.25) is 0 Å². The van der Waals surface area contributed by atoms with Crippen molar-refractivity contribution in [1.82, 2.24) is 0 Å². The predicted molar refractivity (Wildman–Crippen MR) is 53.9 cm³/mol. The third-order valence-corrected chi connectivity index (χ3v) is 2.50. The zero-order valence-corrected chi connectivity index (χ0v) is 8.78. The van der Waals surface area contributed by atoms with Gasteiger partial charge in [0.1, 0.15) is 0 Å². The Morgan fingerprint density at radius 3 is 2.33 bits per heavy atom. The first-order valence-corrected chi connectivity index (χ1v) is 4.75. The minimum atomic E-state index is 0.344. The van der Waals surface area contributed by atoms with Gasteiger partial charge in [-0.05, 0) is 23.7 Å². The molecule has 0 aromatic heterocycles. The molecule has 1 aliphatic rings. The molecule has 0 saturated heterocycles. The van der Waals surface area contributed by atoms with Gasteiger partial charge in [-0.2, -0.15) is 0 Å². The second-order valence-electron chi connectivity index (χ2n) is 5.51. The number of hydrogen-bond donors (Lipinski definition) is 1. The van der Waals surface area contributed by atoms with Gasteiger partial charge in [0.15, 0.2) is 0 Å². The highest BCUT2D eigenvalue weighted by atomic mass is 14.5. The van der Waals surface area contributed by atoms with E-state index in [4.69, 9.17) is 5.73 Å². The van der Waals surface area contributed by atoms with Gasteiger partial charge in [0.05, 0.1) is 0 Å². The summed E-state index contributed by atoms with van der Waals surface area (Å²) in [6, 6.07) is 0. The van der Waals surface area contributed by atoms with E-state index < -0.39 is 0 Å². The molecule has 70 valence electrons. The normalized spacial score (nSPS) is 26.6. The van der Waals surface area contributed by atoms with Gasteiger partial charge in [0, 0.05) is 6.54 Å². The lowest BCUT2D eigenvalue weighted by molar-refractivity contribution is 0.214. The Morgan fingerprint density at radius 2 is 1.92 bits per heavy atom. The van der Waals surface area contributed by atoms with Gasteiger partial charge in [-0.15, -0.1) is 0 Å². The minimum absolute atomic E-state index is 0.344. The van der Waals surface area contributed by atoms with Crippen molar-refractivity contribution in [2.45, 2.75) is 40.5 Å². The largest absolute Gasteiger partial charge is 0.327 e. The number of allylic oxidation sites excluding steroid dienone is 1. The quantitative estimate of drug-likeness (QED) is 0.597. The molecule has 0 atom stereocenters. The molecule has 0 aromatic carbocycles.